The topological polar surface area (TPSA) is 35.2 Å². The zero-order valence-corrected chi connectivity index (χ0v) is 12.0. The van der Waals surface area contributed by atoms with Gasteiger partial charge in [-0.15, -0.1) is 0 Å². The maximum absolute atomic E-state index is 5.27. The normalized spacial score (nSPS) is 28.8. The first-order valence-corrected chi connectivity index (χ1v) is 7.35. The largest absolute Gasteiger partial charge is 0.362 e. The van der Waals surface area contributed by atoms with Gasteiger partial charge in [0.25, 0.3) is 0 Å². The number of hydrogen-bond donors (Lipinski definition) is 1. The van der Waals surface area contributed by atoms with Crippen molar-refractivity contribution in [1.82, 2.24) is 0 Å². The van der Waals surface area contributed by atoms with Crippen molar-refractivity contribution in [3.63, 3.8) is 0 Å². The lowest BCUT2D eigenvalue weighted by Crippen LogP contribution is -2.07. The summed E-state index contributed by atoms with van der Waals surface area (Å²) in [6.45, 7) is 5.56. The second-order valence-corrected chi connectivity index (χ2v) is 5.59. The van der Waals surface area contributed by atoms with Crippen LogP contribution >= 0.6 is 0 Å². The van der Waals surface area contributed by atoms with E-state index in [0.29, 0.717) is 19.3 Å². The Bertz CT molecular complexity index is 260. The van der Waals surface area contributed by atoms with Gasteiger partial charge in [-0.05, 0) is 37.0 Å². The molecule has 0 aliphatic heterocycles. The van der Waals surface area contributed by atoms with Crippen LogP contribution in [0.4, 0.5) is 0 Å². The van der Waals surface area contributed by atoms with Crippen LogP contribution in [0.5, 0.6) is 0 Å². The zero-order chi connectivity index (χ0) is 13.2. The third-order valence-electron chi connectivity index (χ3n) is 3.67. The van der Waals surface area contributed by atoms with Crippen molar-refractivity contribution in [1.29, 1.82) is 0 Å². The molecule has 0 aromatic carbocycles. The van der Waals surface area contributed by atoms with Gasteiger partial charge >= 0.3 is 0 Å². The van der Waals surface area contributed by atoms with Crippen molar-refractivity contribution in [2.24, 2.45) is 23.5 Å². The molecule has 1 aliphatic carbocycles. The molecular formula is C16H29NO. The number of ether oxygens (including phenoxy) is 1. The van der Waals surface area contributed by atoms with Gasteiger partial charge < -0.3 is 10.5 Å². The van der Waals surface area contributed by atoms with Gasteiger partial charge in [0.2, 0.25) is 0 Å². The predicted octanol–water partition coefficient (Wildman–Crippen LogP) is 3.88. The highest BCUT2D eigenvalue weighted by molar-refractivity contribution is 4.96. The summed E-state index contributed by atoms with van der Waals surface area (Å²) in [4.78, 5) is 0. The third kappa shape index (κ3) is 6.97. The highest BCUT2D eigenvalue weighted by Gasteiger charge is 2.11. The smallest absolute Gasteiger partial charge is 0.0944 e. The molecule has 2 nitrogen and oxygen atoms in total. The van der Waals surface area contributed by atoms with Crippen molar-refractivity contribution >= 4 is 0 Å². The van der Waals surface area contributed by atoms with Gasteiger partial charge in [-0.25, -0.2) is 0 Å². The van der Waals surface area contributed by atoms with E-state index in [1.807, 2.05) is 0 Å². The molecule has 0 aromatic heterocycles. The van der Waals surface area contributed by atoms with E-state index in [-0.39, 0.29) is 0 Å². The van der Waals surface area contributed by atoms with E-state index in [2.05, 4.69) is 38.2 Å². The number of allylic oxidation sites excluding steroid dienone is 3. The standard InChI is InChI=1S/C16H29NO/c1-14-6-3-4-8-16(10-9-14)12-15(2)7-5-11-18-13-17/h5,7,9-10,14-16H,3-4,6,8,11-13,17H2,1-2H3/b7-5-,10-9-. The van der Waals surface area contributed by atoms with Gasteiger partial charge in [-0.3, -0.25) is 0 Å². The molecule has 0 saturated heterocycles. The average Bonchev–Trinajstić information content (AvgIpc) is 2.34. The van der Waals surface area contributed by atoms with Gasteiger partial charge in [-0.2, -0.15) is 0 Å². The van der Waals surface area contributed by atoms with E-state index in [1.165, 1.54) is 32.1 Å². The number of hydrogen-bond acceptors (Lipinski definition) is 2. The quantitative estimate of drug-likeness (QED) is 0.441. The van der Waals surface area contributed by atoms with Gasteiger partial charge in [0.05, 0.1) is 13.3 Å². The van der Waals surface area contributed by atoms with Crippen LogP contribution in [0.15, 0.2) is 24.3 Å². The lowest BCUT2D eigenvalue weighted by atomic mass is 9.87. The lowest BCUT2D eigenvalue weighted by Gasteiger charge is -2.19. The number of rotatable bonds is 6. The van der Waals surface area contributed by atoms with E-state index in [0.717, 1.165) is 11.8 Å². The molecule has 3 atom stereocenters. The molecule has 0 spiro atoms. The van der Waals surface area contributed by atoms with E-state index in [9.17, 15) is 0 Å². The summed E-state index contributed by atoms with van der Waals surface area (Å²) >= 11 is 0. The lowest BCUT2D eigenvalue weighted by molar-refractivity contribution is 0.170. The van der Waals surface area contributed by atoms with Crippen LogP contribution in [0.3, 0.4) is 0 Å². The molecule has 0 saturated carbocycles. The minimum atomic E-state index is 0.308. The molecule has 0 bridgehead atoms. The third-order valence-corrected chi connectivity index (χ3v) is 3.67. The minimum Gasteiger partial charge on any atom is -0.362 e. The Balaban J connectivity index is 2.32. The first-order chi connectivity index (χ1) is 8.72. The van der Waals surface area contributed by atoms with Crippen molar-refractivity contribution in [2.75, 3.05) is 13.3 Å². The second kappa shape index (κ2) is 9.35. The van der Waals surface area contributed by atoms with E-state index >= 15 is 0 Å². The molecule has 1 rings (SSSR count). The molecule has 2 N–H and O–H groups in total. The molecule has 104 valence electrons. The van der Waals surface area contributed by atoms with Gasteiger partial charge in [0.1, 0.15) is 0 Å². The summed E-state index contributed by atoms with van der Waals surface area (Å²) in [6, 6.07) is 0. The van der Waals surface area contributed by atoms with Crippen molar-refractivity contribution < 1.29 is 4.74 Å². The fraction of sp³-hybridized carbons (Fsp3) is 0.750. The first kappa shape index (κ1) is 15.5. The molecule has 3 unspecified atom stereocenters. The first-order valence-electron chi connectivity index (χ1n) is 7.35. The van der Waals surface area contributed by atoms with Crippen LogP contribution in [0.25, 0.3) is 0 Å². The summed E-state index contributed by atoms with van der Waals surface area (Å²) in [6.07, 6.45) is 15.9. The van der Waals surface area contributed by atoms with Crippen LogP contribution < -0.4 is 5.73 Å². The van der Waals surface area contributed by atoms with Crippen LogP contribution in [-0.2, 0) is 4.74 Å². The Kier molecular flexibility index (Phi) is 8.03. The summed E-state index contributed by atoms with van der Waals surface area (Å²) in [5, 5.41) is 0. The van der Waals surface area contributed by atoms with Crippen molar-refractivity contribution in [2.45, 2.75) is 46.0 Å². The Hall–Kier alpha value is -0.600. The predicted molar refractivity (Wildman–Crippen MR) is 78.2 cm³/mol. The summed E-state index contributed by atoms with van der Waals surface area (Å²) in [7, 11) is 0. The fourth-order valence-electron chi connectivity index (χ4n) is 2.59. The monoisotopic (exact) mass is 251 g/mol. The molecule has 18 heavy (non-hydrogen) atoms. The summed E-state index contributed by atoms with van der Waals surface area (Å²) < 4.78 is 5.10. The fourth-order valence-corrected chi connectivity index (χ4v) is 2.59. The SMILES string of the molecule is CC1/C=C\C(CC(C)/C=C\COCN)CCCC1. The molecule has 1 aliphatic rings. The molecule has 0 radical (unpaired) electrons. The molecule has 0 heterocycles. The minimum absolute atomic E-state index is 0.308. The van der Waals surface area contributed by atoms with Gasteiger partial charge in [0, 0.05) is 0 Å². The van der Waals surface area contributed by atoms with Gasteiger partial charge in [0.15, 0.2) is 0 Å². The van der Waals surface area contributed by atoms with E-state index in [4.69, 9.17) is 10.5 Å². The van der Waals surface area contributed by atoms with Crippen LogP contribution in [0.2, 0.25) is 0 Å². The molecule has 0 amide bonds. The highest BCUT2D eigenvalue weighted by Crippen LogP contribution is 2.25. The van der Waals surface area contributed by atoms with Gasteiger partial charge in [-0.1, -0.05) is 51.0 Å². The molecular weight excluding hydrogens is 222 g/mol. The second-order valence-electron chi connectivity index (χ2n) is 5.59. The summed E-state index contributed by atoms with van der Waals surface area (Å²) in [5.74, 6) is 2.13. The highest BCUT2D eigenvalue weighted by atomic mass is 16.5. The zero-order valence-electron chi connectivity index (χ0n) is 12.0. The van der Waals surface area contributed by atoms with E-state index < -0.39 is 0 Å². The molecule has 0 aromatic rings. The Morgan fingerprint density at radius 2 is 2.11 bits per heavy atom. The summed E-state index contributed by atoms with van der Waals surface area (Å²) in [5.41, 5.74) is 5.27. The average molecular weight is 251 g/mol. The maximum atomic E-state index is 5.27. The Morgan fingerprint density at radius 1 is 1.33 bits per heavy atom. The Morgan fingerprint density at radius 3 is 2.89 bits per heavy atom. The van der Waals surface area contributed by atoms with Crippen LogP contribution in [0, 0.1) is 17.8 Å². The van der Waals surface area contributed by atoms with Crippen molar-refractivity contribution in [3.8, 4) is 0 Å². The van der Waals surface area contributed by atoms with E-state index in [1.54, 1.807) is 0 Å². The molecule has 2 heteroatoms. The number of nitrogens with two attached hydrogens (primary N) is 1. The Labute approximate surface area is 112 Å². The molecule has 0 fully saturated rings. The van der Waals surface area contributed by atoms with Crippen molar-refractivity contribution in [3.05, 3.63) is 24.3 Å². The van der Waals surface area contributed by atoms with Crippen LogP contribution in [0.1, 0.15) is 46.0 Å². The maximum Gasteiger partial charge on any atom is 0.0944 e. The van der Waals surface area contributed by atoms with Crippen LogP contribution in [-0.4, -0.2) is 13.3 Å².